The summed E-state index contributed by atoms with van der Waals surface area (Å²) in [7, 11) is 4.43. The quantitative estimate of drug-likeness (QED) is 0.810. The van der Waals surface area contributed by atoms with Crippen molar-refractivity contribution in [2.75, 3.05) is 20.6 Å². The molecule has 17 heavy (non-hydrogen) atoms. The molecular formula is C15H30N2. The van der Waals surface area contributed by atoms with Crippen LogP contribution in [0.15, 0.2) is 0 Å². The van der Waals surface area contributed by atoms with E-state index >= 15 is 0 Å². The molecule has 0 atom stereocenters. The highest BCUT2D eigenvalue weighted by molar-refractivity contribution is 5.00. The van der Waals surface area contributed by atoms with Gasteiger partial charge >= 0.3 is 0 Å². The van der Waals surface area contributed by atoms with Crippen molar-refractivity contribution in [3.05, 3.63) is 0 Å². The van der Waals surface area contributed by atoms with E-state index in [2.05, 4.69) is 38.2 Å². The van der Waals surface area contributed by atoms with Gasteiger partial charge in [0, 0.05) is 18.6 Å². The molecule has 0 aromatic carbocycles. The molecule has 0 heterocycles. The second-order valence-electron chi connectivity index (χ2n) is 6.96. The SMILES string of the molecule is CNC1CC2(CCC(N(C)CC(C)C)CC2)C1. The van der Waals surface area contributed by atoms with Crippen molar-refractivity contribution in [2.24, 2.45) is 11.3 Å². The zero-order chi connectivity index (χ0) is 12.5. The predicted molar refractivity (Wildman–Crippen MR) is 74.2 cm³/mol. The van der Waals surface area contributed by atoms with E-state index in [-0.39, 0.29) is 0 Å². The minimum absolute atomic E-state index is 0.739. The molecule has 100 valence electrons. The molecule has 2 saturated carbocycles. The van der Waals surface area contributed by atoms with Gasteiger partial charge in [-0.2, -0.15) is 0 Å². The van der Waals surface area contributed by atoms with Gasteiger partial charge in [-0.05, 0) is 64.0 Å². The van der Waals surface area contributed by atoms with Crippen molar-refractivity contribution in [3.63, 3.8) is 0 Å². The molecule has 1 spiro atoms. The number of rotatable bonds is 4. The van der Waals surface area contributed by atoms with Gasteiger partial charge in [0.05, 0.1) is 0 Å². The van der Waals surface area contributed by atoms with Gasteiger partial charge in [0.25, 0.3) is 0 Å². The highest BCUT2D eigenvalue weighted by Crippen LogP contribution is 2.52. The zero-order valence-electron chi connectivity index (χ0n) is 12.1. The summed E-state index contributed by atoms with van der Waals surface area (Å²) < 4.78 is 0. The largest absolute Gasteiger partial charge is 0.317 e. The standard InChI is InChI=1S/C15H30N2/c1-12(2)11-17(4)14-5-7-15(8-6-14)9-13(10-15)16-3/h12-14,16H,5-11H2,1-4H3. The van der Waals surface area contributed by atoms with Crippen LogP contribution >= 0.6 is 0 Å². The van der Waals surface area contributed by atoms with Crippen LogP contribution in [0.2, 0.25) is 0 Å². The second-order valence-corrected chi connectivity index (χ2v) is 6.96. The molecule has 2 fully saturated rings. The summed E-state index contributed by atoms with van der Waals surface area (Å²) in [4.78, 5) is 2.60. The van der Waals surface area contributed by atoms with Crippen molar-refractivity contribution in [1.29, 1.82) is 0 Å². The summed E-state index contributed by atoms with van der Waals surface area (Å²) in [5.74, 6) is 0.799. The first-order valence-electron chi connectivity index (χ1n) is 7.42. The Morgan fingerprint density at radius 3 is 2.29 bits per heavy atom. The van der Waals surface area contributed by atoms with Crippen LogP contribution in [0.1, 0.15) is 52.4 Å². The molecule has 2 aliphatic carbocycles. The average molecular weight is 238 g/mol. The van der Waals surface area contributed by atoms with E-state index in [1.54, 1.807) is 0 Å². The van der Waals surface area contributed by atoms with Crippen molar-refractivity contribution in [2.45, 2.75) is 64.5 Å². The summed E-state index contributed by atoms with van der Waals surface area (Å²) in [6.07, 6.45) is 8.67. The molecule has 1 N–H and O–H groups in total. The maximum atomic E-state index is 3.42. The maximum Gasteiger partial charge on any atom is 0.00927 e. The first-order chi connectivity index (χ1) is 8.04. The summed E-state index contributed by atoms with van der Waals surface area (Å²) in [5, 5.41) is 3.42. The van der Waals surface area contributed by atoms with E-state index in [0.717, 1.165) is 23.4 Å². The Hall–Kier alpha value is -0.0800. The molecule has 0 amide bonds. The molecule has 0 aromatic heterocycles. The topological polar surface area (TPSA) is 15.3 Å². The van der Waals surface area contributed by atoms with E-state index in [4.69, 9.17) is 0 Å². The minimum Gasteiger partial charge on any atom is -0.317 e. The number of nitrogens with one attached hydrogen (secondary N) is 1. The minimum atomic E-state index is 0.739. The molecule has 0 aliphatic heterocycles. The lowest BCUT2D eigenvalue weighted by Gasteiger charge is -2.52. The van der Waals surface area contributed by atoms with Crippen LogP contribution in [0.5, 0.6) is 0 Å². The van der Waals surface area contributed by atoms with E-state index in [9.17, 15) is 0 Å². The Labute approximate surface area is 107 Å². The lowest BCUT2D eigenvalue weighted by atomic mass is 9.57. The lowest BCUT2D eigenvalue weighted by Crippen LogP contribution is -2.51. The van der Waals surface area contributed by atoms with Crippen molar-refractivity contribution < 1.29 is 0 Å². The van der Waals surface area contributed by atoms with Gasteiger partial charge in [0.2, 0.25) is 0 Å². The first-order valence-corrected chi connectivity index (χ1v) is 7.42. The Balaban J connectivity index is 1.75. The highest BCUT2D eigenvalue weighted by Gasteiger charge is 2.45. The molecule has 0 radical (unpaired) electrons. The van der Waals surface area contributed by atoms with Crippen LogP contribution in [0, 0.1) is 11.3 Å². The van der Waals surface area contributed by atoms with Crippen LogP contribution in [0.4, 0.5) is 0 Å². The molecule has 2 heteroatoms. The van der Waals surface area contributed by atoms with Gasteiger partial charge in [-0.3, -0.25) is 0 Å². The van der Waals surface area contributed by atoms with Gasteiger partial charge < -0.3 is 10.2 Å². The lowest BCUT2D eigenvalue weighted by molar-refractivity contribution is 0.0112. The number of nitrogens with zero attached hydrogens (tertiary/aromatic N) is 1. The van der Waals surface area contributed by atoms with Crippen molar-refractivity contribution in [3.8, 4) is 0 Å². The molecule has 0 saturated heterocycles. The Morgan fingerprint density at radius 1 is 1.24 bits per heavy atom. The molecule has 2 aliphatic rings. The Morgan fingerprint density at radius 2 is 1.82 bits per heavy atom. The zero-order valence-corrected chi connectivity index (χ0v) is 12.1. The average Bonchev–Trinajstić information content (AvgIpc) is 2.25. The Bertz CT molecular complexity index is 233. The fourth-order valence-corrected chi connectivity index (χ4v) is 3.98. The summed E-state index contributed by atoms with van der Waals surface area (Å²) in [6.45, 7) is 5.91. The molecule has 2 nitrogen and oxygen atoms in total. The van der Waals surface area contributed by atoms with Gasteiger partial charge in [-0.1, -0.05) is 13.8 Å². The van der Waals surface area contributed by atoms with E-state index in [1.165, 1.54) is 45.1 Å². The molecule has 0 aromatic rings. The monoisotopic (exact) mass is 238 g/mol. The summed E-state index contributed by atoms with van der Waals surface area (Å²) in [5.41, 5.74) is 0.739. The summed E-state index contributed by atoms with van der Waals surface area (Å²) in [6, 6.07) is 1.68. The third-order valence-electron chi connectivity index (χ3n) is 5.06. The third-order valence-corrected chi connectivity index (χ3v) is 5.06. The predicted octanol–water partition coefficient (Wildman–Crippen LogP) is 2.89. The normalized spacial score (nSPS) is 37.8. The number of hydrogen-bond acceptors (Lipinski definition) is 2. The number of hydrogen-bond donors (Lipinski definition) is 1. The summed E-state index contributed by atoms with van der Waals surface area (Å²) >= 11 is 0. The van der Waals surface area contributed by atoms with Crippen LogP contribution in [0.3, 0.4) is 0 Å². The molecule has 0 unspecified atom stereocenters. The fraction of sp³-hybridized carbons (Fsp3) is 1.00. The molecular weight excluding hydrogens is 208 g/mol. The van der Waals surface area contributed by atoms with Gasteiger partial charge in [0.15, 0.2) is 0 Å². The van der Waals surface area contributed by atoms with Crippen LogP contribution in [0.25, 0.3) is 0 Å². The smallest absolute Gasteiger partial charge is 0.00927 e. The van der Waals surface area contributed by atoms with Crippen molar-refractivity contribution in [1.82, 2.24) is 10.2 Å². The highest BCUT2D eigenvalue weighted by atomic mass is 15.1. The maximum absolute atomic E-state index is 3.42. The van der Waals surface area contributed by atoms with Crippen LogP contribution < -0.4 is 5.32 Å². The van der Waals surface area contributed by atoms with Gasteiger partial charge in [-0.25, -0.2) is 0 Å². The fourth-order valence-electron chi connectivity index (χ4n) is 3.98. The second kappa shape index (κ2) is 5.27. The van der Waals surface area contributed by atoms with Crippen LogP contribution in [-0.2, 0) is 0 Å². The molecule has 2 rings (SSSR count). The van der Waals surface area contributed by atoms with Gasteiger partial charge in [0.1, 0.15) is 0 Å². The van der Waals surface area contributed by atoms with E-state index in [1.807, 2.05) is 0 Å². The molecule has 0 bridgehead atoms. The third kappa shape index (κ3) is 3.03. The van der Waals surface area contributed by atoms with Crippen LogP contribution in [-0.4, -0.2) is 37.6 Å². The van der Waals surface area contributed by atoms with Gasteiger partial charge in [-0.15, -0.1) is 0 Å². The van der Waals surface area contributed by atoms with E-state index in [0.29, 0.717) is 0 Å². The van der Waals surface area contributed by atoms with E-state index < -0.39 is 0 Å². The first kappa shape index (κ1) is 13.4. The van der Waals surface area contributed by atoms with Crippen molar-refractivity contribution >= 4 is 0 Å². The Kier molecular flexibility index (Phi) is 4.14.